The van der Waals surface area contributed by atoms with E-state index in [1.807, 2.05) is 60.7 Å². The van der Waals surface area contributed by atoms with Crippen molar-refractivity contribution in [1.82, 2.24) is 0 Å². The van der Waals surface area contributed by atoms with Crippen molar-refractivity contribution in [2.45, 2.75) is 6.10 Å². The first-order valence-electron chi connectivity index (χ1n) is 5.10. The van der Waals surface area contributed by atoms with Crippen LogP contribution in [0.4, 0.5) is 0 Å². The Hall–Kier alpha value is -1.60. The summed E-state index contributed by atoms with van der Waals surface area (Å²) in [5.41, 5.74) is 1.07. The normalized spacial score (nSPS) is 17.7. The van der Waals surface area contributed by atoms with Gasteiger partial charge in [-0.05, 0) is 11.5 Å². The van der Waals surface area contributed by atoms with Crippen LogP contribution >= 0.6 is 0 Å². The van der Waals surface area contributed by atoms with Crippen molar-refractivity contribution < 1.29 is 5.11 Å². The van der Waals surface area contributed by atoms with Crippen molar-refractivity contribution in [3.63, 3.8) is 0 Å². The molecular formula is C14H13O-. The molecule has 1 nitrogen and oxygen atoms in total. The van der Waals surface area contributed by atoms with Crippen LogP contribution in [0.3, 0.4) is 0 Å². The van der Waals surface area contributed by atoms with Crippen LogP contribution < -0.4 is 5.11 Å². The number of rotatable bonds is 3. The van der Waals surface area contributed by atoms with Crippen molar-refractivity contribution in [3.05, 3.63) is 66.3 Å². The molecule has 0 amide bonds. The summed E-state index contributed by atoms with van der Waals surface area (Å²) in [7, 11) is 0. The lowest BCUT2D eigenvalue weighted by Gasteiger charge is -2.22. The molecule has 1 atom stereocenters. The van der Waals surface area contributed by atoms with Crippen LogP contribution in [0.25, 0.3) is 6.08 Å². The summed E-state index contributed by atoms with van der Waals surface area (Å²) in [6, 6.07) is 9.88. The standard InChI is InChI=1S/C14H13O/c15-14(13-8-4-5-9-13)11-10-12-6-2-1-3-7-12/h1-11,13-14H/q-1. The third-order valence-corrected chi connectivity index (χ3v) is 2.44. The first kappa shape index (κ1) is 9.94. The van der Waals surface area contributed by atoms with Crippen molar-refractivity contribution >= 4 is 6.08 Å². The molecule has 0 N–H and O–H groups in total. The predicted molar refractivity (Wildman–Crippen MR) is 61.0 cm³/mol. The van der Waals surface area contributed by atoms with Crippen LogP contribution in [-0.4, -0.2) is 6.10 Å². The van der Waals surface area contributed by atoms with E-state index in [0.717, 1.165) is 5.56 Å². The Morgan fingerprint density at radius 3 is 2.40 bits per heavy atom. The second-order valence-electron chi connectivity index (χ2n) is 3.58. The molecule has 1 aliphatic carbocycles. The Balaban J connectivity index is 1.99. The molecule has 0 saturated carbocycles. The maximum Gasteiger partial charge on any atom is -0.0138 e. The molecule has 1 aromatic rings. The van der Waals surface area contributed by atoms with E-state index in [2.05, 4.69) is 0 Å². The summed E-state index contributed by atoms with van der Waals surface area (Å²) in [6.45, 7) is 0. The lowest BCUT2D eigenvalue weighted by molar-refractivity contribution is -0.408. The van der Waals surface area contributed by atoms with Crippen LogP contribution in [0, 0.1) is 5.92 Å². The molecule has 1 unspecified atom stereocenters. The van der Waals surface area contributed by atoms with Crippen molar-refractivity contribution in [2.24, 2.45) is 5.92 Å². The highest BCUT2D eigenvalue weighted by Gasteiger charge is 2.04. The van der Waals surface area contributed by atoms with Crippen LogP contribution in [0.1, 0.15) is 5.56 Å². The largest absolute Gasteiger partial charge is 0.848 e. The third kappa shape index (κ3) is 2.67. The molecule has 0 spiro atoms. The van der Waals surface area contributed by atoms with Gasteiger partial charge in [0.1, 0.15) is 0 Å². The molecule has 0 aromatic heterocycles. The first-order chi connectivity index (χ1) is 7.36. The lowest BCUT2D eigenvalue weighted by atomic mass is 10.0. The number of hydrogen-bond donors (Lipinski definition) is 0. The monoisotopic (exact) mass is 197 g/mol. The van der Waals surface area contributed by atoms with Gasteiger partial charge in [-0.1, -0.05) is 72.9 Å². The Labute approximate surface area is 90.1 Å². The van der Waals surface area contributed by atoms with Gasteiger partial charge in [0.2, 0.25) is 0 Å². The van der Waals surface area contributed by atoms with Crippen LogP contribution in [0.15, 0.2) is 60.7 Å². The molecule has 0 bridgehead atoms. The molecule has 15 heavy (non-hydrogen) atoms. The molecule has 76 valence electrons. The Bertz CT molecular complexity index is 375. The third-order valence-electron chi connectivity index (χ3n) is 2.44. The first-order valence-corrected chi connectivity index (χ1v) is 5.10. The van der Waals surface area contributed by atoms with E-state index in [1.54, 1.807) is 6.08 Å². The van der Waals surface area contributed by atoms with E-state index in [0.29, 0.717) is 0 Å². The maximum absolute atomic E-state index is 11.7. The van der Waals surface area contributed by atoms with E-state index < -0.39 is 6.10 Å². The smallest absolute Gasteiger partial charge is 0.0138 e. The summed E-state index contributed by atoms with van der Waals surface area (Å²) in [5, 5.41) is 11.7. The van der Waals surface area contributed by atoms with E-state index in [-0.39, 0.29) is 5.92 Å². The van der Waals surface area contributed by atoms with Gasteiger partial charge in [0.25, 0.3) is 0 Å². The van der Waals surface area contributed by atoms with E-state index in [4.69, 9.17) is 0 Å². The summed E-state index contributed by atoms with van der Waals surface area (Å²) in [4.78, 5) is 0. The molecule has 1 aliphatic rings. The van der Waals surface area contributed by atoms with Gasteiger partial charge in [-0.3, -0.25) is 0 Å². The fraction of sp³-hybridized carbons (Fsp3) is 0.143. The van der Waals surface area contributed by atoms with Gasteiger partial charge >= 0.3 is 0 Å². The topological polar surface area (TPSA) is 23.1 Å². The van der Waals surface area contributed by atoms with Gasteiger partial charge in [0.15, 0.2) is 0 Å². The highest BCUT2D eigenvalue weighted by molar-refractivity contribution is 5.49. The average molecular weight is 197 g/mol. The molecule has 1 heteroatoms. The zero-order valence-electron chi connectivity index (χ0n) is 8.41. The zero-order chi connectivity index (χ0) is 10.5. The maximum atomic E-state index is 11.7. The minimum atomic E-state index is -0.680. The van der Waals surface area contributed by atoms with Crippen LogP contribution in [0.2, 0.25) is 0 Å². The SMILES string of the molecule is [O-]C(C=Cc1ccccc1)C1C=CC=C1. The molecule has 2 rings (SSSR count). The quantitative estimate of drug-likeness (QED) is 0.728. The summed E-state index contributed by atoms with van der Waals surface area (Å²) >= 11 is 0. The van der Waals surface area contributed by atoms with Gasteiger partial charge in [0.05, 0.1) is 0 Å². The summed E-state index contributed by atoms with van der Waals surface area (Å²) in [6.07, 6.45) is 10.6. The molecule has 0 heterocycles. The molecule has 0 fully saturated rings. The van der Waals surface area contributed by atoms with Crippen molar-refractivity contribution in [1.29, 1.82) is 0 Å². The highest BCUT2D eigenvalue weighted by atomic mass is 16.3. The van der Waals surface area contributed by atoms with Crippen molar-refractivity contribution in [3.8, 4) is 0 Å². The van der Waals surface area contributed by atoms with E-state index in [1.165, 1.54) is 0 Å². The van der Waals surface area contributed by atoms with E-state index >= 15 is 0 Å². The number of hydrogen-bond acceptors (Lipinski definition) is 1. The van der Waals surface area contributed by atoms with Crippen LogP contribution in [0.5, 0.6) is 0 Å². The number of allylic oxidation sites excluding steroid dienone is 2. The molecule has 0 radical (unpaired) electrons. The van der Waals surface area contributed by atoms with E-state index in [9.17, 15) is 5.11 Å². The molecule has 1 aromatic carbocycles. The van der Waals surface area contributed by atoms with Gasteiger partial charge in [-0.15, -0.1) is 0 Å². The Morgan fingerprint density at radius 1 is 1.07 bits per heavy atom. The predicted octanol–water partition coefficient (Wildman–Crippen LogP) is 2.17. The van der Waals surface area contributed by atoms with Crippen molar-refractivity contribution in [2.75, 3.05) is 0 Å². The van der Waals surface area contributed by atoms with Crippen LogP contribution in [-0.2, 0) is 0 Å². The zero-order valence-corrected chi connectivity index (χ0v) is 8.41. The fourth-order valence-electron chi connectivity index (χ4n) is 1.57. The van der Waals surface area contributed by atoms with Gasteiger partial charge in [-0.2, -0.15) is 0 Å². The minimum Gasteiger partial charge on any atom is -0.848 e. The second kappa shape index (κ2) is 4.76. The highest BCUT2D eigenvalue weighted by Crippen LogP contribution is 2.13. The van der Waals surface area contributed by atoms with Gasteiger partial charge in [-0.25, -0.2) is 0 Å². The molecular weight excluding hydrogens is 184 g/mol. The number of benzene rings is 1. The Kier molecular flexibility index (Phi) is 3.15. The minimum absolute atomic E-state index is 0.0185. The fourth-order valence-corrected chi connectivity index (χ4v) is 1.57. The molecule has 0 aliphatic heterocycles. The lowest BCUT2D eigenvalue weighted by Crippen LogP contribution is -2.28. The van der Waals surface area contributed by atoms with Gasteiger partial charge < -0.3 is 5.11 Å². The summed E-state index contributed by atoms with van der Waals surface area (Å²) < 4.78 is 0. The Morgan fingerprint density at radius 2 is 1.73 bits per heavy atom. The molecule has 0 saturated heterocycles. The second-order valence-corrected chi connectivity index (χ2v) is 3.58. The average Bonchev–Trinajstić information content (AvgIpc) is 2.81. The summed E-state index contributed by atoms with van der Waals surface area (Å²) in [5.74, 6) is 0.0185. The van der Waals surface area contributed by atoms with Gasteiger partial charge in [0, 0.05) is 0 Å².